The summed E-state index contributed by atoms with van der Waals surface area (Å²) < 4.78 is 32.9. The number of nitrogens with one attached hydrogen (secondary N) is 2. The van der Waals surface area contributed by atoms with Gasteiger partial charge in [-0.05, 0) is 66.6 Å². The largest absolute Gasteiger partial charge is 0.497 e. The zero-order chi connectivity index (χ0) is 29.2. The predicted molar refractivity (Wildman–Crippen MR) is 156 cm³/mol. The highest BCUT2D eigenvalue weighted by Crippen LogP contribution is 2.26. The molecule has 1 saturated carbocycles. The second-order valence-corrected chi connectivity index (χ2v) is 11.8. The molecule has 0 spiro atoms. The van der Waals surface area contributed by atoms with Gasteiger partial charge in [-0.25, -0.2) is 13.1 Å². The summed E-state index contributed by atoms with van der Waals surface area (Å²) in [6.07, 6.45) is 2.62. The van der Waals surface area contributed by atoms with Crippen LogP contribution in [0.25, 0.3) is 0 Å². The maximum absolute atomic E-state index is 13.8. The number of nitrogens with zero attached hydrogens (tertiary/aromatic N) is 1. The summed E-state index contributed by atoms with van der Waals surface area (Å²) in [6, 6.07) is 22.2. The summed E-state index contributed by atoms with van der Waals surface area (Å²) in [5.74, 6) is 0.133. The summed E-state index contributed by atoms with van der Waals surface area (Å²) in [5, 5.41) is 12.0. The third-order valence-corrected chi connectivity index (χ3v) is 8.44. The molecule has 2 amide bonds. The molecule has 0 aliphatic heterocycles. The molecule has 1 atom stereocenters. The van der Waals surface area contributed by atoms with Gasteiger partial charge in [0.05, 0.1) is 12.0 Å². The van der Waals surface area contributed by atoms with Gasteiger partial charge < -0.3 is 20.1 Å². The number of sulfonamides is 1. The van der Waals surface area contributed by atoms with Crippen molar-refractivity contribution in [1.29, 1.82) is 0 Å². The number of benzene rings is 3. The molecule has 41 heavy (non-hydrogen) atoms. The lowest BCUT2D eigenvalue weighted by molar-refractivity contribution is -0.141. The van der Waals surface area contributed by atoms with E-state index < -0.39 is 16.1 Å². The SMILES string of the molecule is COc1ccc(CN(C(=O)CCc2ccc(S(=O)(=O)NC3CC3)cc2)[C@@H](C(=O)NCCCO)c2ccccc2)cc1. The molecule has 1 fully saturated rings. The van der Waals surface area contributed by atoms with Gasteiger partial charge in [0, 0.05) is 32.2 Å². The molecule has 0 saturated heterocycles. The Bertz CT molecular complexity index is 1390. The van der Waals surface area contributed by atoms with Crippen molar-refractivity contribution >= 4 is 21.8 Å². The van der Waals surface area contributed by atoms with Crippen LogP contribution in [-0.2, 0) is 32.6 Å². The smallest absolute Gasteiger partial charge is 0.247 e. The van der Waals surface area contributed by atoms with Crippen LogP contribution in [-0.4, -0.2) is 56.5 Å². The average molecular weight is 580 g/mol. The van der Waals surface area contributed by atoms with Crippen molar-refractivity contribution in [3.05, 3.63) is 95.6 Å². The van der Waals surface area contributed by atoms with Gasteiger partial charge in [-0.1, -0.05) is 54.6 Å². The van der Waals surface area contributed by atoms with Gasteiger partial charge >= 0.3 is 0 Å². The van der Waals surface area contributed by atoms with Crippen molar-refractivity contribution in [1.82, 2.24) is 14.9 Å². The molecule has 0 aromatic heterocycles. The van der Waals surface area contributed by atoms with Crippen LogP contribution in [0.4, 0.5) is 0 Å². The van der Waals surface area contributed by atoms with E-state index in [0.717, 1.165) is 24.0 Å². The maximum atomic E-state index is 13.8. The Hall–Kier alpha value is -3.73. The number of carbonyl (C=O) groups excluding carboxylic acids is 2. The minimum atomic E-state index is -3.55. The minimum absolute atomic E-state index is 0.0207. The van der Waals surface area contributed by atoms with E-state index in [4.69, 9.17) is 4.74 Å². The molecule has 0 radical (unpaired) electrons. The maximum Gasteiger partial charge on any atom is 0.247 e. The van der Waals surface area contributed by atoms with Gasteiger partial charge in [-0.2, -0.15) is 0 Å². The first-order valence-corrected chi connectivity index (χ1v) is 15.3. The van der Waals surface area contributed by atoms with Crippen LogP contribution < -0.4 is 14.8 Å². The number of ether oxygens (including phenoxy) is 1. The molecule has 9 nitrogen and oxygen atoms in total. The van der Waals surface area contributed by atoms with Crippen molar-refractivity contribution in [2.75, 3.05) is 20.3 Å². The Balaban J connectivity index is 1.55. The Kier molecular flexibility index (Phi) is 10.5. The van der Waals surface area contributed by atoms with Crippen LogP contribution in [0.5, 0.6) is 5.75 Å². The van der Waals surface area contributed by atoms with Crippen LogP contribution in [0.2, 0.25) is 0 Å². The Morgan fingerprint density at radius 3 is 2.24 bits per heavy atom. The van der Waals surface area contributed by atoms with E-state index in [2.05, 4.69) is 10.0 Å². The zero-order valence-electron chi connectivity index (χ0n) is 23.2. The Labute approximate surface area is 241 Å². The van der Waals surface area contributed by atoms with Crippen LogP contribution >= 0.6 is 0 Å². The third kappa shape index (κ3) is 8.63. The quantitative estimate of drug-likeness (QED) is 0.237. The van der Waals surface area contributed by atoms with Crippen LogP contribution in [0, 0.1) is 0 Å². The van der Waals surface area contributed by atoms with E-state index in [1.165, 1.54) is 0 Å². The van der Waals surface area contributed by atoms with Gasteiger partial charge in [-0.3, -0.25) is 9.59 Å². The van der Waals surface area contributed by atoms with Gasteiger partial charge in [-0.15, -0.1) is 0 Å². The monoisotopic (exact) mass is 579 g/mol. The molecule has 1 aliphatic rings. The number of carbonyl (C=O) groups is 2. The van der Waals surface area contributed by atoms with E-state index in [1.54, 1.807) is 36.3 Å². The number of hydrogen-bond acceptors (Lipinski definition) is 6. The topological polar surface area (TPSA) is 125 Å². The molecular weight excluding hydrogens is 542 g/mol. The summed E-state index contributed by atoms with van der Waals surface area (Å²) in [6.45, 7) is 0.426. The highest BCUT2D eigenvalue weighted by molar-refractivity contribution is 7.89. The van der Waals surface area contributed by atoms with Crippen molar-refractivity contribution in [2.45, 2.75) is 55.6 Å². The average Bonchev–Trinajstić information content (AvgIpc) is 3.80. The van der Waals surface area contributed by atoms with Crippen LogP contribution in [0.3, 0.4) is 0 Å². The fraction of sp³-hybridized carbons (Fsp3) is 0.355. The van der Waals surface area contributed by atoms with Gasteiger partial charge in [0.1, 0.15) is 11.8 Å². The first-order chi connectivity index (χ1) is 19.8. The lowest BCUT2D eigenvalue weighted by atomic mass is 10.0. The van der Waals surface area contributed by atoms with E-state index in [0.29, 0.717) is 24.2 Å². The molecule has 218 valence electrons. The Morgan fingerprint density at radius 2 is 1.63 bits per heavy atom. The minimum Gasteiger partial charge on any atom is -0.497 e. The summed E-state index contributed by atoms with van der Waals surface area (Å²) in [7, 11) is -1.97. The zero-order valence-corrected chi connectivity index (χ0v) is 24.0. The molecular formula is C31H37N3O6S. The van der Waals surface area contributed by atoms with E-state index >= 15 is 0 Å². The summed E-state index contributed by atoms with van der Waals surface area (Å²) in [4.78, 5) is 29.1. The molecule has 0 heterocycles. The van der Waals surface area contributed by atoms with Crippen LogP contribution in [0.1, 0.15) is 48.4 Å². The van der Waals surface area contributed by atoms with E-state index in [1.807, 2.05) is 54.6 Å². The number of aliphatic hydroxyl groups is 1. The number of aryl methyl sites for hydroxylation is 1. The molecule has 3 aromatic rings. The van der Waals surface area contributed by atoms with Gasteiger partial charge in [0.2, 0.25) is 21.8 Å². The highest BCUT2D eigenvalue weighted by Gasteiger charge is 2.31. The van der Waals surface area contributed by atoms with Crippen molar-refractivity contribution in [3.63, 3.8) is 0 Å². The predicted octanol–water partition coefficient (Wildman–Crippen LogP) is 3.34. The highest BCUT2D eigenvalue weighted by atomic mass is 32.2. The molecule has 0 bridgehead atoms. The molecule has 3 N–H and O–H groups in total. The number of aliphatic hydroxyl groups excluding tert-OH is 1. The number of amides is 2. The van der Waals surface area contributed by atoms with Gasteiger partial charge in [0.25, 0.3) is 0 Å². The Morgan fingerprint density at radius 1 is 0.976 bits per heavy atom. The van der Waals surface area contributed by atoms with Gasteiger partial charge in [0.15, 0.2) is 0 Å². The number of hydrogen-bond donors (Lipinski definition) is 3. The van der Waals surface area contributed by atoms with Crippen LogP contribution in [0.15, 0.2) is 83.8 Å². The normalized spacial score (nSPS) is 13.8. The van der Waals surface area contributed by atoms with E-state index in [-0.39, 0.29) is 48.9 Å². The molecule has 4 rings (SSSR count). The second kappa shape index (κ2) is 14.2. The van der Waals surface area contributed by atoms with Crippen molar-refractivity contribution < 1.29 is 27.9 Å². The molecule has 10 heteroatoms. The first kappa shape index (κ1) is 30.2. The van der Waals surface area contributed by atoms with Crippen molar-refractivity contribution in [2.24, 2.45) is 0 Å². The van der Waals surface area contributed by atoms with Crippen molar-refractivity contribution in [3.8, 4) is 5.75 Å². The lowest BCUT2D eigenvalue weighted by Crippen LogP contribution is -2.43. The first-order valence-electron chi connectivity index (χ1n) is 13.8. The number of rotatable bonds is 15. The fourth-order valence-electron chi connectivity index (χ4n) is 4.47. The van der Waals surface area contributed by atoms with E-state index in [9.17, 15) is 23.1 Å². The summed E-state index contributed by atoms with van der Waals surface area (Å²) >= 11 is 0. The number of methoxy groups -OCH3 is 1. The third-order valence-electron chi connectivity index (χ3n) is 6.90. The standard InChI is InChI=1S/C31H37N3O6S/c1-40-27-15-8-24(9-16-27)22-34(30(25-6-3-2-4-7-25)31(37)32-20-5-21-35)29(36)19-12-23-10-17-28(18-11-23)41(38,39)33-26-13-14-26/h2-4,6-11,15-18,26,30,33,35H,5,12-14,19-22H2,1H3,(H,32,37)/t30-/m1/s1. The lowest BCUT2D eigenvalue weighted by Gasteiger charge is -2.32. The molecule has 0 unspecified atom stereocenters. The summed E-state index contributed by atoms with van der Waals surface area (Å²) in [5.41, 5.74) is 2.33. The fourth-order valence-corrected chi connectivity index (χ4v) is 5.77. The second-order valence-electron chi connectivity index (χ2n) is 10.1. The molecule has 3 aromatic carbocycles. The molecule has 1 aliphatic carbocycles.